The number of allylic oxidation sites excluding steroid dienone is 4. The third-order valence-corrected chi connectivity index (χ3v) is 32.9. The van der Waals surface area contributed by atoms with Crippen LogP contribution in [0.5, 0.6) is 0 Å². The Hall–Kier alpha value is -10.2. The molecule has 6 heterocycles. The molecule has 4 aliphatic heterocycles. The molecule has 26 rings (SSSR count). The van der Waals surface area contributed by atoms with Crippen LogP contribution in [0.2, 0.25) is 0 Å². The summed E-state index contributed by atoms with van der Waals surface area (Å²) in [5, 5.41) is 8.36. The van der Waals surface area contributed by atoms with Gasteiger partial charge in [0.05, 0.1) is 0 Å². The molecule has 0 radical (unpaired) electrons. The van der Waals surface area contributed by atoms with Gasteiger partial charge < -0.3 is 8.96 Å². The van der Waals surface area contributed by atoms with Crippen molar-refractivity contribution in [2.45, 2.75) is 204 Å². The van der Waals surface area contributed by atoms with Gasteiger partial charge in [0.25, 0.3) is 0 Å². The summed E-state index contributed by atoms with van der Waals surface area (Å²) in [4.78, 5) is 0. The lowest BCUT2D eigenvalue weighted by Gasteiger charge is -2.45. The molecule has 3 atom stereocenters. The number of rotatable bonds is 2. The molecule has 542 valence electrons. The number of nitrogens with zero attached hydrogens (tertiary/aromatic N) is 2. The van der Waals surface area contributed by atoms with Gasteiger partial charge in [-0.2, -0.15) is 0 Å². The zero-order valence-electron chi connectivity index (χ0n) is 67.7. The highest BCUT2D eigenvalue weighted by Gasteiger charge is 2.57. The summed E-state index contributed by atoms with van der Waals surface area (Å²) in [6.07, 6.45) is 7.67. The molecule has 2 nitrogen and oxygen atoms in total. The van der Waals surface area contributed by atoms with E-state index in [4.69, 9.17) is 0 Å². The topological polar surface area (TPSA) is 9.86 Å². The molecule has 14 aromatic rings. The number of hydrogen-bond donors (Lipinski definition) is 0. The lowest BCUT2D eigenvalue weighted by atomic mass is 9.40. The monoisotopic (exact) mass is 1440 g/mol. The smallest absolute Gasteiger partial charge is 0.329 e. The number of aromatic nitrogens is 2. The van der Waals surface area contributed by atoms with E-state index in [1.807, 2.05) is 0 Å². The Morgan fingerprint density at radius 1 is 0.339 bits per heavy atom. The average Bonchev–Trinajstić information content (AvgIpc) is 1.46. The maximum Gasteiger partial charge on any atom is 0.329 e. The van der Waals surface area contributed by atoms with Crippen molar-refractivity contribution in [3.8, 4) is 44.6 Å². The minimum absolute atomic E-state index is 0.000214. The second-order valence-electron chi connectivity index (χ2n) is 41.4. The SMILES string of the molecule is CC1(C)CCC(C)(C)c2cc3c(cc21)C1=C(c2cccc4c2C(C1)c1c2c(cc5ccccc15)-c1cccc5c6c(n(c15)B42)-c1cc2c(cc1C6(C)C)C(C)(Cc1ccc4c5c6c(cc4c1)C1CC4=C(c7cccc(c71)B6n1c6c(c7cccc-5c71)-c1ccccc1C6(C)C)C(C)(C)c1ccccc14)CCC2(C)C)C3(C)C. The molecule has 112 heavy (non-hydrogen) atoms. The Bertz CT molecular complexity index is 7050. The quantitative estimate of drug-likeness (QED) is 0.153. The Morgan fingerprint density at radius 3 is 1.63 bits per heavy atom. The Balaban J connectivity index is 0.652. The van der Waals surface area contributed by atoms with Crippen LogP contribution in [0.15, 0.2) is 200 Å². The average molecular weight is 1440 g/mol. The van der Waals surface area contributed by atoms with Crippen LogP contribution in [0.1, 0.15) is 260 Å². The van der Waals surface area contributed by atoms with E-state index in [0.717, 1.165) is 32.1 Å². The summed E-state index contributed by atoms with van der Waals surface area (Å²) in [6.45, 7) is 38.2. The van der Waals surface area contributed by atoms with Crippen LogP contribution < -0.4 is 21.9 Å². The molecule has 0 saturated heterocycles. The van der Waals surface area contributed by atoms with Gasteiger partial charge in [0.15, 0.2) is 0 Å². The Morgan fingerprint density at radius 2 is 0.884 bits per heavy atom. The van der Waals surface area contributed by atoms with Gasteiger partial charge >= 0.3 is 13.7 Å². The van der Waals surface area contributed by atoms with Crippen LogP contribution in [0.3, 0.4) is 0 Å². The second-order valence-corrected chi connectivity index (χ2v) is 41.4. The molecular formula is C108H94B2N2. The predicted octanol–water partition coefficient (Wildman–Crippen LogP) is 23.8. The van der Waals surface area contributed by atoms with Gasteiger partial charge in [-0.05, 0) is 261 Å². The van der Waals surface area contributed by atoms with E-state index in [2.05, 4.69) is 313 Å². The van der Waals surface area contributed by atoms with Crippen LogP contribution in [0.25, 0.3) is 110 Å². The molecule has 12 aromatic carbocycles. The normalized spacial score (nSPS) is 22.3. The maximum absolute atomic E-state index is 2.96. The summed E-state index contributed by atoms with van der Waals surface area (Å²) < 4.78 is 5.86. The lowest BCUT2D eigenvalue weighted by molar-refractivity contribution is 0.310. The van der Waals surface area contributed by atoms with Gasteiger partial charge in [-0.1, -0.05) is 292 Å². The summed E-state index contributed by atoms with van der Waals surface area (Å²) in [5.41, 5.74) is 54.6. The van der Waals surface area contributed by atoms with E-state index >= 15 is 0 Å². The summed E-state index contributed by atoms with van der Waals surface area (Å²) in [7, 11) is 0. The first-order chi connectivity index (χ1) is 53.7. The van der Waals surface area contributed by atoms with Gasteiger partial charge in [-0.15, -0.1) is 0 Å². The van der Waals surface area contributed by atoms with Crippen molar-refractivity contribution in [1.29, 1.82) is 0 Å². The van der Waals surface area contributed by atoms with Crippen molar-refractivity contribution in [2.75, 3.05) is 0 Å². The lowest BCUT2D eigenvalue weighted by Crippen LogP contribution is -2.58. The fourth-order valence-corrected chi connectivity index (χ4v) is 27.8. The highest BCUT2D eigenvalue weighted by atomic mass is 15.0. The number of benzene rings is 12. The highest BCUT2D eigenvalue weighted by molar-refractivity contribution is 6.89. The summed E-state index contributed by atoms with van der Waals surface area (Å²) >= 11 is 0. The molecule has 12 aliphatic rings. The molecule has 3 unspecified atom stereocenters. The molecule has 2 aromatic heterocycles. The maximum atomic E-state index is 2.96. The van der Waals surface area contributed by atoms with Crippen molar-refractivity contribution in [3.63, 3.8) is 0 Å². The molecule has 0 N–H and O–H groups in total. The van der Waals surface area contributed by atoms with Crippen LogP contribution in [0.4, 0.5) is 0 Å². The predicted molar refractivity (Wildman–Crippen MR) is 473 cm³/mol. The van der Waals surface area contributed by atoms with E-state index in [0.29, 0.717) is 0 Å². The standard InChI is InChI=1S/C108H94B2N2/c1-101(2)42-43-102(3,4)83-53-79-69(51-81(83)101)72-50-76-88-65(93(72)105(79,9)10)32-25-39-86(88)109-95-73(47-57-26-16-17-27-59(57)90(76)95)62-30-22-35-68-94-99(111(109)97(62)68)75-52-82-84(54-80(75)106(94,11)12)108(15,45-44-103(82,5)6)55-56-40-41-60-58(46-56)48-74-70-49-71-61-28-18-20-36-77(61)104(7,8)92(71)64-31-24-38-85(87(64)70)110-96(74)89(60)66-33-23-34-67-91-63-29-19-21-37-78(63)107(13,14)100(91)112(110)98(66)67/h16-41,46-48,51-54,70,76H,42-45,49-50,55H2,1-15H3. The minimum atomic E-state index is -0.280. The zero-order valence-corrected chi connectivity index (χ0v) is 67.7. The van der Waals surface area contributed by atoms with Crippen molar-refractivity contribution >= 4 is 101 Å². The fraction of sp³-hybridized carbons (Fsp3) is 0.296. The van der Waals surface area contributed by atoms with Crippen LogP contribution in [0, 0.1) is 0 Å². The zero-order chi connectivity index (χ0) is 75.6. The first kappa shape index (κ1) is 64.4. The van der Waals surface area contributed by atoms with Gasteiger partial charge in [0.2, 0.25) is 0 Å². The second kappa shape index (κ2) is 19.9. The molecule has 0 fully saturated rings. The molecule has 0 bridgehead atoms. The molecule has 4 heteroatoms. The molecule has 0 amide bonds. The van der Waals surface area contributed by atoms with E-state index in [1.54, 1.807) is 55.7 Å². The third-order valence-electron chi connectivity index (χ3n) is 32.9. The van der Waals surface area contributed by atoms with Crippen LogP contribution in [-0.2, 0) is 49.7 Å². The van der Waals surface area contributed by atoms with E-state index in [-0.39, 0.29) is 68.9 Å². The van der Waals surface area contributed by atoms with E-state index < -0.39 is 0 Å². The molecule has 0 saturated carbocycles. The summed E-state index contributed by atoms with van der Waals surface area (Å²) in [5.74, 6) is 0.432. The fourth-order valence-electron chi connectivity index (χ4n) is 27.8. The first-order valence-corrected chi connectivity index (χ1v) is 42.5. The number of hydrogen-bond acceptors (Lipinski definition) is 0. The Labute approximate surface area is 660 Å². The molecule has 8 aliphatic carbocycles. The minimum Gasteiger partial charge on any atom is -0.378 e. The highest BCUT2D eigenvalue weighted by Crippen LogP contribution is 2.66. The van der Waals surface area contributed by atoms with Crippen molar-refractivity contribution < 1.29 is 0 Å². The van der Waals surface area contributed by atoms with Crippen LogP contribution in [-0.4, -0.2) is 22.7 Å². The van der Waals surface area contributed by atoms with Gasteiger partial charge in [0, 0.05) is 88.9 Å². The van der Waals surface area contributed by atoms with Gasteiger partial charge in [-0.25, -0.2) is 0 Å². The van der Waals surface area contributed by atoms with Gasteiger partial charge in [0.1, 0.15) is 0 Å². The van der Waals surface area contributed by atoms with Crippen LogP contribution >= 0.6 is 0 Å². The first-order valence-electron chi connectivity index (χ1n) is 42.5. The van der Waals surface area contributed by atoms with Crippen molar-refractivity contribution in [1.82, 2.24) is 8.96 Å². The molecule has 0 spiro atoms. The largest absolute Gasteiger partial charge is 0.378 e. The number of para-hydroxylation sites is 2. The van der Waals surface area contributed by atoms with Crippen molar-refractivity contribution in [3.05, 3.63) is 306 Å². The molecular weight excluding hydrogens is 1350 g/mol. The Kier molecular flexibility index (Phi) is 11.4. The van der Waals surface area contributed by atoms with Gasteiger partial charge in [-0.3, -0.25) is 0 Å². The number of fused-ring (bicyclic) bond motifs is 30. The van der Waals surface area contributed by atoms with E-state index in [1.165, 1.54) is 195 Å². The van der Waals surface area contributed by atoms with Crippen molar-refractivity contribution in [2.24, 2.45) is 0 Å². The third kappa shape index (κ3) is 7.25. The summed E-state index contributed by atoms with van der Waals surface area (Å²) in [6, 6.07) is 82.3. The van der Waals surface area contributed by atoms with E-state index in [9.17, 15) is 0 Å².